The Labute approximate surface area is 180 Å². The Hall–Kier alpha value is -3.12. The summed E-state index contributed by atoms with van der Waals surface area (Å²) in [5, 5.41) is 0. The summed E-state index contributed by atoms with van der Waals surface area (Å²) >= 11 is 0. The van der Waals surface area contributed by atoms with Crippen LogP contribution in [0.3, 0.4) is 0 Å². The molecule has 0 fully saturated rings. The summed E-state index contributed by atoms with van der Waals surface area (Å²) in [5.41, 5.74) is 9.21. The lowest BCUT2D eigenvalue weighted by atomic mass is 9.66. The maximum Gasteiger partial charge on any atom is 0.0713 e. The molecule has 3 aromatic rings. The van der Waals surface area contributed by atoms with E-state index >= 15 is 0 Å². The first-order valence-corrected chi connectivity index (χ1v) is 10.9. The van der Waals surface area contributed by atoms with Crippen LogP contribution < -0.4 is 0 Å². The minimum atomic E-state index is -0.305. The average molecular weight is 389 g/mol. The van der Waals surface area contributed by atoms with E-state index in [0.29, 0.717) is 0 Å². The van der Waals surface area contributed by atoms with Gasteiger partial charge in [-0.3, -0.25) is 0 Å². The fourth-order valence-corrected chi connectivity index (χ4v) is 5.08. The number of rotatable bonds is 3. The van der Waals surface area contributed by atoms with Crippen LogP contribution in [0.5, 0.6) is 0 Å². The molecule has 148 valence electrons. The minimum absolute atomic E-state index is 0.0448. The second-order valence-corrected chi connectivity index (χ2v) is 9.03. The van der Waals surface area contributed by atoms with Crippen LogP contribution in [0, 0.1) is 5.41 Å². The Morgan fingerprint density at radius 1 is 0.700 bits per heavy atom. The molecule has 0 heteroatoms. The third kappa shape index (κ3) is 2.75. The van der Waals surface area contributed by atoms with E-state index in [-0.39, 0.29) is 10.8 Å². The van der Waals surface area contributed by atoms with E-state index in [1.807, 2.05) is 0 Å². The molecular formula is C30H28. The van der Waals surface area contributed by atoms with Gasteiger partial charge in [0.05, 0.1) is 5.41 Å². The Balaban J connectivity index is 1.87. The second kappa shape index (κ2) is 6.99. The van der Waals surface area contributed by atoms with Gasteiger partial charge in [-0.2, -0.15) is 0 Å². The fourth-order valence-electron chi connectivity index (χ4n) is 5.08. The first-order valence-electron chi connectivity index (χ1n) is 10.9. The van der Waals surface area contributed by atoms with Crippen LogP contribution in [0.4, 0.5) is 0 Å². The van der Waals surface area contributed by atoms with Gasteiger partial charge in [0.1, 0.15) is 0 Å². The lowest BCUT2D eigenvalue weighted by Crippen LogP contribution is -2.29. The Morgan fingerprint density at radius 3 is 1.90 bits per heavy atom. The predicted octanol–water partition coefficient (Wildman–Crippen LogP) is 7.64. The van der Waals surface area contributed by atoms with Crippen LogP contribution in [0.25, 0.3) is 11.1 Å². The van der Waals surface area contributed by atoms with E-state index in [1.54, 1.807) is 0 Å². The Morgan fingerprint density at radius 2 is 1.30 bits per heavy atom. The van der Waals surface area contributed by atoms with Crippen LogP contribution in [-0.2, 0) is 11.8 Å². The Bertz CT molecular complexity index is 1140. The standard InChI is InChI=1S/C30H28/c1-4-22-15-17-24(18-16-22)30(23-10-9-20-29(2,3)21-19-23)27-13-7-5-11-25(27)26-12-6-8-14-28(26)30/h5-21H,4H2,1-3H3. The first-order chi connectivity index (χ1) is 14.6. The van der Waals surface area contributed by atoms with Crippen molar-refractivity contribution in [2.45, 2.75) is 32.6 Å². The van der Waals surface area contributed by atoms with Crippen molar-refractivity contribution >= 4 is 0 Å². The van der Waals surface area contributed by atoms with E-state index < -0.39 is 0 Å². The van der Waals surface area contributed by atoms with Gasteiger partial charge in [-0.05, 0) is 45.4 Å². The molecular weight excluding hydrogens is 360 g/mol. The van der Waals surface area contributed by atoms with Gasteiger partial charge in [-0.1, -0.05) is 124 Å². The summed E-state index contributed by atoms with van der Waals surface area (Å²) in [6.45, 7) is 6.74. The number of hydrogen-bond acceptors (Lipinski definition) is 0. The smallest absolute Gasteiger partial charge is 0.0713 e. The molecule has 0 saturated heterocycles. The van der Waals surface area contributed by atoms with Crippen molar-refractivity contribution in [3.63, 3.8) is 0 Å². The highest BCUT2D eigenvalue weighted by Crippen LogP contribution is 2.56. The molecule has 2 aliphatic carbocycles. The molecule has 0 bridgehead atoms. The quantitative estimate of drug-likeness (QED) is 0.432. The molecule has 0 N–H and O–H groups in total. The molecule has 3 aromatic carbocycles. The molecule has 0 aliphatic heterocycles. The van der Waals surface area contributed by atoms with Crippen LogP contribution >= 0.6 is 0 Å². The van der Waals surface area contributed by atoms with E-state index in [0.717, 1.165) is 6.42 Å². The highest BCUT2D eigenvalue weighted by molar-refractivity contribution is 5.86. The van der Waals surface area contributed by atoms with E-state index in [9.17, 15) is 0 Å². The Kier molecular flexibility index (Phi) is 4.40. The molecule has 0 amide bonds. The summed E-state index contributed by atoms with van der Waals surface area (Å²) < 4.78 is 0. The van der Waals surface area contributed by atoms with Gasteiger partial charge in [0.25, 0.3) is 0 Å². The molecule has 0 aromatic heterocycles. The van der Waals surface area contributed by atoms with Crippen LogP contribution in [0.15, 0.2) is 109 Å². The van der Waals surface area contributed by atoms with Gasteiger partial charge in [0, 0.05) is 5.41 Å². The summed E-state index contributed by atoms with van der Waals surface area (Å²) in [6, 6.07) is 27.1. The summed E-state index contributed by atoms with van der Waals surface area (Å²) in [7, 11) is 0. The zero-order valence-corrected chi connectivity index (χ0v) is 18.0. The molecule has 0 heterocycles. The molecule has 0 saturated carbocycles. The lowest BCUT2D eigenvalue weighted by molar-refractivity contribution is 0.625. The summed E-state index contributed by atoms with van der Waals surface area (Å²) in [6.07, 6.45) is 12.6. The van der Waals surface area contributed by atoms with Gasteiger partial charge in [-0.25, -0.2) is 0 Å². The molecule has 5 rings (SSSR count). The summed E-state index contributed by atoms with van der Waals surface area (Å²) in [5.74, 6) is 0. The SMILES string of the molecule is CCc1ccc(C2(C3=CC=CC(C)(C)C=C3)c3ccccc3-c3ccccc32)cc1. The van der Waals surface area contributed by atoms with Crippen molar-refractivity contribution in [3.05, 3.63) is 131 Å². The van der Waals surface area contributed by atoms with Crippen molar-refractivity contribution in [1.82, 2.24) is 0 Å². The topological polar surface area (TPSA) is 0 Å². The largest absolute Gasteiger partial charge is 0.0751 e. The van der Waals surface area contributed by atoms with Gasteiger partial charge >= 0.3 is 0 Å². The molecule has 0 nitrogen and oxygen atoms in total. The highest BCUT2D eigenvalue weighted by Gasteiger charge is 2.46. The van der Waals surface area contributed by atoms with Crippen molar-refractivity contribution in [2.75, 3.05) is 0 Å². The number of aryl methyl sites for hydroxylation is 1. The van der Waals surface area contributed by atoms with Crippen LogP contribution in [0.2, 0.25) is 0 Å². The number of allylic oxidation sites excluding steroid dienone is 6. The van der Waals surface area contributed by atoms with Crippen molar-refractivity contribution in [2.24, 2.45) is 5.41 Å². The zero-order valence-electron chi connectivity index (χ0n) is 18.0. The molecule has 0 radical (unpaired) electrons. The summed E-state index contributed by atoms with van der Waals surface area (Å²) in [4.78, 5) is 0. The maximum absolute atomic E-state index is 2.35. The monoisotopic (exact) mass is 388 g/mol. The molecule has 0 spiro atoms. The number of hydrogen-bond donors (Lipinski definition) is 0. The molecule has 30 heavy (non-hydrogen) atoms. The average Bonchev–Trinajstić information content (AvgIpc) is 2.95. The number of benzene rings is 3. The fraction of sp³-hybridized carbons (Fsp3) is 0.200. The van der Waals surface area contributed by atoms with Gasteiger partial charge in [0.15, 0.2) is 0 Å². The zero-order chi connectivity index (χ0) is 20.8. The molecule has 2 aliphatic rings. The van der Waals surface area contributed by atoms with Crippen LogP contribution in [-0.4, -0.2) is 0 Å². The number of fused-ring (bicyclic) bond motifs is 3. The van der Waals surface area contributed by atoms with E-state index in [2.05, 4.69) is 124 Å². The second-order valence-electron chi connectivity index (χ2n) is 9.03. The van der Waals surface area contributed by atoms with Crippen molar-refractivity contribution in [1.29, 1.82) is 0 Å². The molecule has 0 atom stereocenters. The highest BCUT2D eigenvalue weighted by atomic mass is 14.5. The first kappa shape index (κ1) is 18.9. The molecule has 0 unspecified atom stereocenters. The van der Waals surface area contributed by atoms with E-state index in [1.165, 1.54) is 39.0 Å². The van der Waals surface area contributed by atoms with Gasteiger partial charge in [-0.15, -0.1) is 0 Å². The third-order valence-electron chi connectivity index (χ3n) is 6.67. The van der Waals surface area contributed by atoms with E-state index in [4.69, 9.17) is 0 Å². The van der Waals surface area contributed by atoms with Crippen molar-refractivity contribution in [3.8, 4) is 11.1 Å². The lowest BCUT2D eigenvalue weighted by Gasteiger charge is -2.35. The maximum atomic E-state index is 2.35. The predicted molar refractivity (Wildman–Crippen MR) is 128 cm³/mol. The minimum Gasteiger partial charge on any atom is -0.0751 e. The normalized spacial score (nSPS) is 17.8. The van der Waals surface area contributed by atoms with Crippen molar-refractivity contribution < 1.29 is 0 Å². The van der Waals surface area contributed by atoms with Gasteiger partial charge in [0.2, 0.25) is 0 Å². The van der Waals surface area contributed by atoms with Crippen LogP contribution in [0.1, 0.15) is 43.0 Å². The third-order valence-corrected chi connectivity index (χ3v) is 6.67. The van der Waals surface area contributed by atoms with Gasteiger partial charge < -0.3 is 0 Å².